The third-order valence-corrected chi connectivity index (χ3v) is 17.8. The summed E-state index contributed by atoms with van der Waals surface area (Å²) in [5.41, 5.74) is 0.748. The van der Waals surface area contributed by atoms with Gasteiger partial charge in [0.1, 0.15) is 33.0 Å². The van der Waals surface area contributed by atoms with Crippen LogP contribution >= 0.6 is 46.2 Å². The second-order valence-corrected chi connectivity index (χ2v) is 22.4. The van der Waals surface area contributed by atoms with Gasteiger partial charge in [0.05, 0.1) is 13.2 Å². The number of thioether (sulfide) groups is 2. The monoisotopic (exact) mass is 1040 g/mol. The van der Waals surface area contributed by atoms with Crippen molar-refractivity contribution in [3.05, 3.63) is 106 Å². The Morgan fingerprint density at radius 1 is 0.542 bits per heavy atom. The van der Waals surface area contributed by atoms with E-state index in [-0.39, 0.29) is 76.2 Å². The maximum Gasteiger partial charge on any atom is 0.738 e. The number of hydrogen-bond acceptors (Lipinski definition) is 8. The largest absolute Gasteiger partial charge is 0.738 e. The molecular formula is C54H54B2F4N6O2S4. The van der Waals surface area contributed by atoms with E-state index in [9.17, 15) is 10.5 Å². The van der Waals surface area contributed by atoms with Crippen LogP contribution in [-0.4, -0.2) is 48.6 Å². The van der Waals surface area contributed by atoms with Gasteiger partial charge in [0.2, 0.25) is 10.0 Å². The van der Waals surface area contributed by atoms with Crippen LogP contribution in [0, 0.1) is 22.7 Å². The van der Waals surface area contributed by atoms with Crippen molar-refractivity contribution in [2.45, 2.75) is 101 Å². The molecule has 0 radical (unpaired) electrons. The molecule has 2 aliphatic rings. The van der Waals surface area contributed by atoms with E-state index in [0.29, 0.717) is 34.1 Å². The average Bonchev–Trinajstić information content (AvgIpc) is 4.16. The van der Waals surface area contributed by atoms with Crippen LogP contribution in [0.25, 0.3) is 64.9 Å². The van der Waals surface area contributed by atoms with Crippen LogP contribution < -0.4 is 29.1 Å². The number of thiazole rings is 2. The molecule has 0 amide bonds. The Kier molecular flexibility index (Phi) is 14.3. The van der Waals surface area contributed by atoms with Crippen LogP contribution in [0.1, 0.15) is 101 Å². The summed E-state index contributed by atoms with van der Waals surface area (Å²) in [5.74, 6) is 1.07. The Balaban J connectivity index is 1.27. The third-order valence-electron chi connectivity index (χ3n) is 14.0. The number of unbranched alkanes of at least 4 members (excludes halogenated alkanes) is 10. The van der Waals surface area contributed by atoms with Crippen molar-refractivity contribution in [2.24, 2.45) is 0 Å². The lowest BCUT2D eigenvalue weighted by Gasteiger charge is -2.30. The molecule has 0 aliphatic carbocycles. The highest BCUT2D eigenvalue weighted by Crippen LogP contribution is 2.43. The predicted molar refractivity (Wildman–Crippen MR) is 289 cm³/mol. The number of halogens is 4. The number of fused-ring (bicyclic) bond motifs is 11. The minimum Gasteiger partial charge on any atom is -0.494 e. The van der Waals surface area contributed by atoms with E-state index >= 15 is 17.3 Å². The molecule has 72 heavy (non-hydrogen) atoms. The molecule has 0 N–H and O–H groups in total. The standard InChI is InChI=1S/C54H54B2F4N6O2S4/c1-5-7-9-11-13-15-29-67-37-21-17-35(18-22-37)49-47-48(52-42(34-62)54-63(55(57,58)65(49)52)43-27-25-39(69-3)31-45(43)72-54)50(36-19-23-38(24-20-36)68-30-16-14-12-10-8-6-2)66-51(47)41(33-61)53-64(56(66,59)60)44-28-26-40(70-4)32-46(44)71-53/h17-28,31-32H,5-16,29-30H2,1-4H3. The summed E-state index contributed by atoms with van der Waals surface area (Å²) in [4.78, 5) is 1.73. The molecule has 0 fully saturated rings. The van der Waals surface area contributed by atoms with E-state index in [2.05, 4.69) is 26.0 Å². The summed E-state index contributed by atoms with van der Waals surface area (Å²) in [5, 5.41) is 22.5. The summed E-state index contributed by atoms with van der Waals surface area (Å²) >= 11 is 5.11. The van der Waals surface area contributed by atoms with Crippen LogP contribution in [0.4, 0.5) is 17.3 Å². The van der Waals surface area contributed by atoms with Gasteiger partial charge in [-0.15, -0.1) is 23.5 Å². The maximum atomic E-state index is 18.5. The number of nitrogens with zero attached hydrogens (tertiary/aromatic N) is 6. The fraction of sp³-hybridized carbons (Fsp3) is 0.333. The van der Waals surface area contributed by atoms with Crippen LogP contribution in [0.3, 0.4) is 0 Å². The molecule has 0 atom stereocenters. The lowest BCUT2D eigenvalue weighted by Crippen LogP contribution is -2.70. The van der Waals surface area contributed by atoms with Crippen LogP contribution in [0.2, 0.25) is 0 Å². The normalized spacial score (nSPS) is 14.3. The van der Waals surface area contributed by atoms with E-state index in [1.807, 2.05) is 24.6 Å². The molecule has 10 rings (SSSR count). The lowest BCUT2D eigenvalue weighted by atomic mass is 9.89. The first-order chi connectivity index (χ1) is 35.0. The van der Waals surface area contributed by atoms with E-state index in [1.54, 1.807) is 72.8 Å². The molecule has 0 saturated heterocycles. The van der Waals surface area contributed by atoms with Crippen molar-refractivity contribution in [1.29, 1.82) is 10.5 Å². The van der Waals surface area contributed by atoms with Gasteiger partial charge >= 0.3 is 13.9 Å². The molecule has 8 aromatic rings. The first-order valence-electron chi connectivity index (χ1n) is 25.0. The Morgan fingerprint density at radius 2 is 0.917 bits per heavy atom. The highest BCUT2D eigenvalue weighted by Gasteiger charge is 2.57. The molecule has 0 unspecified atom stereocenters. The lowest BCUT2D eigenvalue weighted by molar-refractivity contribution is -0.539. The highest BCUT2D eigenvalue weighted by molar-refractivity contribution is 7.98. The smallest absolute Gasteiger partial charge is 0.494 e. The van der Waals surface area contributed by atoms with E-state index in [0.717, 1.165) is 102 Å². The number of benzene rings is 4. The second kappa shape index (κ2) is 20.7. The summed E-state index contributed by atoms with van der Waals surface area (Å²) in [7, 11) is 0. The molecule has 0 bridgehead atoms. The van der Waals surface area contributed by atoms with Gasteiger partial charge in [0, 0.05) is 54.8 Å². The van der Waals surface area contributed by atoms with Crippen molar-refractivity contribution >= 4 is 102 Å². The molecule has 0 saturated carbocycles. The number of rotatable bonds is 20. The zero-order chi connectivity index (χ0) is 50.3. The molecule has 8 nitrogen and oxygen atoms in total. The fourth-order valence-corrected chi connectivity index (χ4v) is 14.1. The minimum atomic E-state index is -4.85. The van der Waals surface area contributed by atoms with Crippen molar-refractivity contribution in [2.75, 3.05) is 25.7 Å². The third kappa shape index (κ3) is 8.50. The molecule has 2 aliphatic heterocycles. The first-order valence-corrected chi connectivity index (χ1v) is 29.0. The maximum absolute atomic E-state index is 18.5. The van der Waals surface area contributed by atoms with Crippen molar-refractivity contribution < 1.29 is 35.7 Å². The first kappa shape index (κ1) is 49.9. The van der Waals surface area contributed by atoms with Gasteiger partial charge < -0.3 is 44.6 Å². The Hall–Kier alpha value is -5.65. The van der Waals surface area contributed by atoms with Crippen molar-refractivity contribution in [3.8, 4) is 46.2 Å². The SMILES string of the molecule is CCCCCCCCOc1ccc(-c2c3c4n(c(-c5ccc(OCCCCCCCC)cc5)c3c3n2[B-](F)(F)[n+]2c(sc5cc(SC)ccc52)C=3C#N)[B-](F)(F)[n+]2c(sc3cc(SC)ccc32)C=4C#N)cc1. The molecule has 0 spiro atoms. The molecule has 370 valence electrons. The summed E-state index contributed by atoms with van der Waals surface area (Å²) in [6.45, 7) is -4.37. The van der Waals surface area contributed by atoms with Crippen molar-refractivity contribution in [3.63, 3.8) is 0 Å². The van der Waals surface area contributed by atoms with E-state index in [1.165, 1.54) is 49.2 Å². The average molecular weight is 1040 g/mol. The van der Waals surface area contributed by atoms with Gasteiger partial charge in [-0.3, -0.25) is 0 Å². The quantitative estimate of drug-likeness (QED) is 0.0327. The zero-order valence-electron chi connectivity index (χ0n) is 40.8. The zero-order valence-corrected chi connectivity index (χ0v) is 44.0. The van der Waals surface area contributed by atoms with Crippen LogP contribution in [0.5, 0.6) is 11.5 Å². The molecule has 4 aromatic heterocycles. The van der Waals surface area contributed by atoms with Gasteiger partial charge in [-0.25, -0.2) is 0 Å². The number of hydrogen-bond donors (Lipinski definition) is 0. The predicted octanol–water partition coefficient (Wildman–Crippen LogP) is 13.3. The highest BCUT2D eigenvalue weighted by atomic mass is 32.2. The van der Waals surface area contributed by atoms with Gasteiger partial charge in [0.15, 0.2) is 22.2 Å². The number of ether oxygens (including phenoxy) is 2. The van der Waals surface area contributed by atoms with Gasteiger partial charge in [-0.05, 0) is 109 Å². The van der Waals surface area contributed by atoms with E-state index in [4.69, 9.17) is 9.47 Å². The molecule has 18 heteroatoms. The Bertz CT molecular complexity index is 3360. The van der Waals surface area contributed by atoms with Crippen molar-refractivity contribution in [1.82, 2.24) is 8.96 Å². The second-order valence-electron chi connectivity index (χ2n) is 18.5. The van der Waals surface area contributed by atoms with Gasteiger partial charge in [0.25, 0.3) is 0 Å². The van der Waals surface area contributed by atoms with Crippen LogP contribution in [0.15, 0.2) is 94.7 Å². The molecular weight excluding hydrogens is 991 g/mol. The number of nitriles is 2. The number of aromatic nitrogens is 4. The molecule has 6 heterocycles. The van der Waals surface area contributed by atoms with Gasteiger partial charge in [-0.2, -0.15) is 10.5 Å². The topological polar surface area (TPSA) is 83.7 Å². The van der Waals surface area contributed by atoms with E-state index < -0.39 is 13.9 Å². The Labute approximate surface area is 433 Å². The van der Waals surface area contributed by atoms with Gasteiger partial charge in [-0.1, -0.05) is 101 Å². The summed E-state index contributed by atoms with van der Waals surface area (Å²) in [6, 6.07) is 28.7. The summed E-state index contributed by atoms with van der Waals surface area (Å²) < 4.78 is 91.3. The minimum absolute atomic E-state index is 0.0204. The summed E-state index contributed by atoms with van der Waals surface area (Å²) in [6.07, 6.45) is 16.8. The molecule has 4 aromatic carbocycles. The fourth-order valence-electron chi connectivity index (χ4n) is 10.6. The van der Waals surface area contributed by atoms with Crippen LogP contribution in [-0.2, 0) is 0 Å². The Morgan fingerprint density at radius 3 is 1.28 bits per heavy atom.